The van der Waals surface area contributed by atoms with E-state index in [9.17, 15) is 20.1 Å². The highest BCUT2D eigenvalue weighted by Gasteiger charge is 2.40. The molecule has 2 rings (SSSR count). The molecule has 142 valence electrons. The van der Waals surface area contributed by atoms with Gasteiger partial charge in [-0.1, -0.05) is 54.6 Å². The van der Waals surface area contributed by atoms with Crippen LogP contribution < -0.4 is 0 Å². The van der Waals surface area contributed by atoms with Crippen LogP contribution in [0.2, 0.25) is 0 Å². The summed E-state index contributed by atoms with van der Waals surface area (Å²) in [4.78, 5) is 27.3. The molecule has 0 saturated heterocycles. The third kappa shape index (κ3) is 4.17. The molecule has 0 N–H and O–H groups in total. The predicted octanol–water partition coefficient (Wildman–Crippen LogP) is 4.01. The van der Waals surface area contributed by atoms with Crippen LogP contribution in [-0.2, 0) is 0 Å². The van der Waals surface area contributed by atoms with E-state index in [1.54, 1.807) is 81.1 Å². The first-order chi connectivity index (χ1) is 13.2. The maximum absolute atomic E-state index is 13.2. The van der Waals surface area contributed by atoms with E-state index in [0.717, 1.165) is 0 Å². The average molecular weight is 373 g/mol. The zero-order valence-electron chi connectivity index (χ0n) is 16.5. The Bertz CT molecular complexity index is 915. The molecule has 0 aliphatic rings. The largest absolute Gasteiger partial charge is 0.292 e. The molecule has 2 atom stereocenters. The summed E-state index contributed by atoms with van der Waals surface area (Å²) in [6.45, 7) is 6.76. The molecule has 0 aromatic heterocycles. The van der Waals surface area contributed by atoms with Crippen molar-refractivity contribution >= 4 is 11.6 Å². The number of rotatable bonds is 7. The number of benzene rings is 2. The number of nitriles is 2. The lowest BCUT2D eigenvalue weighted by Crippen LogP contribution is -2.57. The van der Waals surface area contributed by atoms with E-state index in [1.165, 1.54) is 0 Å². The fourth-order valence-corrected chi connectivity index (χ4v) is 3.43. The van der Waals surface area contributed by atoms with Crippen molar-refractivity contribution < 1.29 is 9.59 Å². The monoisotopic (exact) mass is 373 g/mol. The van der Waals surface area contributed by atoms with Gasteiger partial charge in [0.15, 0.2) is 11.6 Å². The zero-order chi connectivity index (χ0) is 20.9. The second kappa shape index (κ2) is 8.61. The summed E-state index contributed by atoms with van der Waals surface area (Å²) >= 11 is 0. The summed E-state index contributed by atoms with van der Waals surface area (Å²) in [7, 11) is 0. The van der Waals surface area contributed by atoms with Gasteiger partial charge in [0.25, 0.3) is 0 Å². The van der Waals surface area contributed by atoms with E-state index in [0.29, 0.717) is 16.7 Å². The fraction of sp³-hybridized carbons (Fsp3) is 0.304. The molecule has 2 aromatic carbocycles. The van der Waals surface area contributed by atoms with Gasteiger partial charge >= 0.3 is 0 Å². The molecule has 0 amide bonds. The molecule has 0 fully saturated rings. The van der Waals surface area contributed by atoms with Crippen molar-refractivity contribution in [2.75, 3.05) is 0 Å². The molecule has 2 unspecified atom stereocenters. The smallest absolute Gasteiger partial charge is 0.193 e. The lowest BCUT2D eigenvalue weighted by atomic mass is 9.88. The zero-order valence-corrected chi connectivity index (χ0v) is 16.5. The Labute approximate surface area is 165 Å². The number of carbonyl (C=O) groups excluding carboxylic acids is 2. The van der Waals surface area contributed by atoms with Gasteiger partial charge in [0.1, 0.15) is 0 Å². The second-order valence-corrected chi connectivity index (χ2v) is 7.18. The van der Waals surface area contributed by atoms with Crippen LogP contribution in [0.25, 0.3) is 0 Å². The van der Waals surface area contributed by atoms with Crippen LogP contribution >= 0.6 is 0 Å². The van der Waals surface area contributed by atoms with Gasteiger partial charge in [-0.05, 0) is 27.7 Å². The van der Waals surface area contributed by atoms with E-state index in [-0.39, 0.29) is 11.6 Å². The summed E-state index contributed by atoms with van der Waals surface area (Å²) in [5.41, 5.74) is 0.441. The summed E-state index contributed by atoms with van der Waals surface area (Å²) in [5, 5.41) is 18.6. The molecule has 0 aliphatic heterocycles. The van der Waals surface area contributed by atoms with E-state index >= 15 is 0 Å². The Morgan fingerprint density at radius 3 is 1.71 bits per heavy atom. The molecule has 0 aliphatic carbocycles. The Hall–Kier alpha value is -3.28. The van der Waals surface area contributed by atoms with E-state index < -0.39 is 17.6 Å². The van der Waals surface area contributed by atoms with Gasteiger partial charge in [0.05, 0.1) is 29.8 Å². The summed E-state index contributed by atoms with van der Waals surface area (Å²) in [6, 6.07) is 18.4. The fourth-order valence-electron chi connectivity index (χ4n) is 3.43. The normalized spacial score (nSPS) is 13.2. The highest BCUT2D eigenvalue weighted by atomic mass is 16.1. The van der Waals surface area contributed by atoms with Crippen LogP contribution in [0.4, 0.5) is 0 Å². The van der Waals surface area contributed by atoms with Crippen molar-refractivity contribution in [1.29, 1.82) is 10.5 Å². The van der Waals surface area contributed by atoms with Gasteiger partial charge in [-0.2, -0.15) is 10.5 Å². The molecule has 2 aromatic rings. The van der Waals surface area contributed by atoms with Crippen molar-refractivity contribution in [2.45, 2.75) is 45.3 Å². The Morgan fingerprint density at radius 1 is 0.821 bits per heavy atom. The summed E-state index contributed by atoms with van der Waals surface area (Å²) in [6.07, 6.45) is 0. The lowest BCUT2D eigenvalue weighted by Gasteiger charge is -2.40. The summed E-state index contributed by atoms with van der Waals surface area (Å²) in [5.74, 6) is -0.327. The van der Waals surface area contributed by atoms with Gasteiger partial charge in [-0.3, -0.25) is 14.5 Å². The molecule has 28 heavy (non-hydrogen) atoms. The standard InChI is InChI=1S/C23H23N3O2/c1-16(14-24)26(17(2)15-25)23(3,4)22(28)20-12-10-19(11-13-20)21(27)18-8-6-5-7-9-18/h5-13,16-17H,1-4H3. The molecule has 5 nitrogen and oxygen atoms in total. The molecule has 0 spiro atoms. The SMILES string of the molecule is CC(C#N)N(C(C)C#N)C(C)(C)C(=O)c1ccc(C(=O)c2ccccc2)cc1. The number of carbonyl (C=O) groups is 2. The second-order valence-electron chi connectivity index (χ2n) is 7.18. The van der Waals surface area contributed by atoms with Crippen LogP contribution in [0.15, 0.2) is 54.6 Å². The minimum Gasteiger partial charge on any atom is -0.292 e. The van der Waals surface area contributed by atoms with Crippen molar-refractivity contribution in [3.63, 3.8) is 0 Å². The van der Waals surface area contributed by atoms with E-state index in [2.05, 4.69) is 12.1 Å². The molecule has 0 saturated carbocycles. The van der Waals surface area contributed by atoms with Crippen LogP contribution in [0, 0.1) is 22.7 Å². The average Bonchev–Trinajstić information content (AvgIpc) is 2.72. The maximum atomic E-state index is 13.2. The number of nitrogens with zero attached hydrogens (tertiary/aromatic N) is 3. The predicted molar refractivity (Wildman–Crippen MR) is 107 cm³/mol. The summed E-state index contributed by atoms with van der Waals surface area (Å²) < 4.78 is 0. The quantitative estimate of drug-likeness (QED) is 0.685. The third-order valence-electron chi connectivity index (χ3n) is 4.85. The molecular formula is C23H23N3O2. The first kappa shape index (κ1) is 21.0. The number of Topliss-reactive ketones (excluding diaryl/α,β-unsaturated/α-hetero) is 1. The minimum absolute atomic E-state index is 0.114. The molecule has 5 heteroatoms. The van der Waals surface area contributed by atoms with Crippen LogP contribution in [0.1, 0.15) is 54.0 Å². The van der Waals surface area contributed by atoms with Crippen molar-refractivity contribution in [1.82, 2.24) is 4.90 Å². The van der Waals surface area contributed by atoms with Crippen LogP contribution in [0.3, 0.4) is 0 Å². The number of hydrogen-bond donors (Lipinski definition) is 0. The van der Waals surface area contributed by atoms with Gasteiger partial charge < -0.3 is 0 Å². The topological polar surface area (TPSA) is 85.0 Å². The highest BCUT2D eigenvalue weighted by molar-refractivity contribution is 6.10. The molecule has 0 heterocycles. The van der Waals surface area contributed by atoms with Crippen LogP contribution in [-0.4, -0.2) is 34.1 Å². The van der Waals surface area contributed by atoms with Crippen molar-refractivity contribution in [2.24, 2.45) is 0 Å². The lowest BCUT2D eigenvalue weighted by molar-refractivity contribution is 0.0516. The Balaban J connectivity index is 2.32. The maximum Gasteiger partial charge on any atom is 0.193 e. The van der Waals surface area contributed by atoms with E-state index in [1.807, 2.05) is 6.07 Å². The Morgan fingerprint density at radius 2 is 1.25 bits per heavy atom. The van der Waals surface area contributed by atoms with Crippen molar-refractivity contribution in [3.8, 4) is 12.1 Å². The van der Waals surface area contributed by atoms with Gasteiger partial charge in [0.2, 0.25) is 0 Å². The molecule has 0 bridgehead atoms. The highest BCUT2D eigenvalue weighted by Crippen LogP contribution is 2.26. The molecule has 0 radical (unpaired) electrons. The Kier molecular flexibility index (Phi) is 6.46. The third-order valence-corrected chi connectivity index (χ3v) is 4.85. The van der Waals surface area contributed by atoms with Gasteiger partial charge in [-0.15, -0.1) is 0 Å². The van der Waals surface area contributed by atoms with Crippen LogP contribution in [0.5, 0.6) is 0 Å². The first-order valence-electron chi connectivity index (χ1n) is 9.06. The number of hydrogen-bond acceptors (Lipinski definition) is 5. The molecular weight excluding hydrogens is 350 g/mol. The minimum atomic E-state index is -1.06. The van der Waals surface area contributed by atoms with E-state index in [4.69, 9.17) is 0 Å². The number of ketones is 2. The van der Waals surface area contributed by atoms with Gasteiger partial charge in [0, 0.05) is 16.7 Å². The van der Waals surface area contributed by atoms with Crippen molar-refractivity contribution in [3.05, 3.63) is 71.3 Å². The van der Waals surface area contributed by atoms with Gasteiger partial charge in [-0.25, -0.2) is 0 Å². The first-order valence-corrected chi connectivity index (χ1v) is 9.06.